The van der Waals surface area contributed by atoms with Crippen LogP contribution in [-0.2, 0) is 4.79 Å². The van der Waals surface area contributed by atoms with Gasteiger partial charge in [-0.15, -0.1) is 11.6 Å². The van der Waals surface area contributed by atoms with Crippen molar-refractivity contribution in [3.63, 3.8) is 0 Å². The molecule has 0 spiro atoms. The van der Waals surface area contributed by atoms with Crippen LogP contribution in [0.15, 0.2) is 48.2 Å². The maximum atomic E-state index is 11.3. The van der Waals surface area contributed by atoms with Crippen molar-refractivity contribution in [1.82, 2.24) is 9.88 Å². The molecule has 1 saturated heterocycles. The van der Waals surface area contributed by atoms with Crippen LogP contribution in [-0.4, -0.2) is 53.4 Å². The Labute approximate surface area is 185 Å². The van der Waals surface area contributed by atoms with Crippen LogP contribution in [0.1, 0.15) is 38.5 Å². The van der Waals surface area contributed by atoms with E-state index in [1.807, 2.05) is 30.5 Å². The number of aromatic nitrogens is 1. The van der Waals surface area contributed by atoms with E-state index in [1.165, 1.54) is 38.6 Å². The molecular weight excluding hydrogens is 396 g/mol. The second-order valence-corrected chi connectivity index (χ2v) is 9.71. The third-order valence-corrected chi connectivity index (χ3v) is 7.77. The number of piperazine rings is 1. The number of carbonyl (C=O) groups is 1. The normalized spacial score (nSPS) is 30.2. The summed E-state index contributed by atoms with van der Waals surface area (Å²) in [6, 6.07) is 6.13. The largest absolute Gasteiger partial charge is 0.366 e. The van der Waals surface area contributed by atoms with Crippen molar-refractivity contribution in [2.75, 3.05) is 37.6 Å². The number of nitrogens with zero attached hydrogens (tertiary/aromatic N) is 3. The van der Waals surface area contributed by atoms with Gasteiger partial charge in [-0.3, -0.25) is 9.69 Å². The summed E-state index contributed by atoms with van der Waals surface area (Å²) in [5, 5.41) is 0. The summed E-state index contributed by atoms with van der Waals surface area (Å²) in [5.41, 5.74) is 5.96. The van der Waals surface area contributed by atoms with Crippen LogP contribution in [0.2, 0.25) is 0 Å². The molecule has 5 nitrogen and oxygen atoms in total. The van der Waals surface area contributed by atoms with E-state index in [-0.39, 0.29) is 10.8 Å². The van der Waals surface area contributed by atoms with E-state index >= 15 is 0 Å². The molecule has 1 aromatic rings. The number of amides is 1. The zero-order chi connectivity index (χ0) is 21.0. The fraction of sp³-hybridized carbons (Fsp3) is 0.583. The molecule has 1 aliphatic heterocycles. The van der Waals surface area contributed by atoms with Crippen molar-refractivity contribution in [3.8, 4) is 0 Å². The predicted molar refractivity (Wildman–Crippen MR) is 123 cm³/mol. The first-order valence-electron chi connectivity index (χ1n) is 11.3. The summed E-state index contributed by atoms with van der Waals surface area (Å²) in [4.78, 5) is 20.5. The zero-order valence-electron chi connectivity index (χ0n) is 17.7. The second kappa shape index (κ2) is 9.52. The van der Waals surface area contributed by atoms with Gasteiger partial charge in [-0.2, -0.15) is 0 Å². The first-order valence-corrected chi connectivity index (χ1v) is 11.7. The highest BCUT2D eigenvalue weighted by molar-refractivity contribution is 6.26. The van der Waals surface area contributed by atoms with Crippen molar-refractivity contribution in [2.45, 2.75) is 43.4 Å². The Morgan fingerprint density at radius 2 is 1.93 bits per heavy atom. The molecule has 2 N–H and O–H groups in total. The molecule has 6 heteroatoms. The van der Waals surface area contributed by atoms with Crippen LogP contribution in [0, 0.1) is 11.8 Å². The highest BCUT2D eigenvalue weighted by atomic mass is 35.5. The molecule has 1 atom stereocenters. The first-order chi connectivity index (χ1) is 14.5. The van der Waals surface area contributed by atoms with Gasteiger partial charge in [0.25, 0.3) is 0 Å². The number of anilines is 1. The van der Waals surface area contributed by atoms with Crippen molar-refractivity contribution >= 4 is 23.3 Å². The lowest BCUT2D eigenvalue weighted by atomic mass is 9.72. The lowest BCUT2D eigenvalue weighted by Gasteiger charge is -2.40. The third kappa shape index (κ3) is 5.06. The Bertz CT molecular complexity index is 780. The van der Waals surface area contributed by atoms with Crippen molar-refractivity contribution in [2.24, 2.45) is 17.6 Å². The summed E-state index contributed by atoms with van der Waals surface area (Å²) in [7, 11) is 0. The number of rotatable bonds is 6. The maximum absolute atomic E-state index is 11.3. The number of hydrogen-bond donors (Lipinski definition) is 1. The third-order valence-electron chi connectivity index (χ3n) is 7.18. The molecule has 1 unspecified atom stereocenters. The number of allylic oxidation sites excluding steroid dienone is 2. The number of halogens is 1. The van der Waals surface area contributed by atoms with Crippen molar-refractivity contribution in [1.29, 1.82) is 0 Å². The van der Waals surface area contributed by atoms with E-state index in [4.69, 9.17) is 17.3 Å². The number of alkyl halides is 1. The smallest absolute Gasteiger partial charge is 0.248 e. The van der Waals surface area contributed by atoms with E-state index in [0.29, 0.717) is 17.9 Å². The average Bonchev–Trinajstić information content (AvgIpc) is 2.79. The standard InChI is InChI=1S/C24H33ClN4O/c25-24(11-8-20(9-12-24)23(26)30)21-6-4-19(5-7-21)10-14-28-15-17-29(18-16-28)22-3-1-2-13-27-22/h1-3,8-9,11,13,19,21H,4-7,10,12,14-18H2,(H2,26,30). The Morgan fingerprint density at radius 3 is 2.53 bits per heavy atom. The lowest BCUT2D eigenvalue weighted by molar-refractivity contribution is -0.114. The summed E-state index contributed by atoms with van der Waals surface area (Å²) in [6.45, 7) is 5.56. The minimum atomic E-state index is -0.366. The second-order valence-electron chi connectivity index (χ2n) is 9.01. The minimum absolute atomic E-state index is 0.342. The van der Waals surface area contributed by atoms with Gasteiger partial charge in [0.05, 0.1) is 4.87 Å². The van der Waals surface area contributed by atoms with Crippen molar-refractivity contribution in [3.05, 3.63) is 48.2 Å². The van der Waals surface area contributed by atoms with Crippen LogP contribution in [0.3, 0.4) is 0 Å². The van der Waals surface area contributed by atoms with E-state index in [0.717, 1.165) is 37.9 Å². The van der Waals surface area contributed by atoms with Gasteiger partial charge >= 0.3 is 0 Å². The topological polar surface area (TPSA) is 62.5 Å². The lowest BCUT2D eigenvalue weighted by Crippen LogP contribution is -2.47. The molecule has 0 aromatic carbocycles. The van der Waals surface area contributed by atoms with Gasteiger partial charge in [0.1, 0.15) is 5.82 Å². The fourth-order valence-electron chi connectivity index (χ4n) is 5.15. The molecule has 162 valence electrons. The van der Waals surface area contributed by atoms with E-state index in [2.05, 4.69) is 26.9 Å². The zero-order valence-corrected chi connectivity index (χ0v) is 18.4. The molecule has 2 aliphatic carbocycles. The predicted octanol–water partition coefficient (Wildman–Crippen LogP) is 3.75. The van der Waals surface area contributed by atoms with E-state index < -0.39 is 0 Å². The number of nitrogens with two attached hydrogens (primary N) is 1. The Balaban J connectivity index is 1.17. The summed E-state index contributed by atoms with van der Waals surface area (Å²) < 4.78 is 0. The molecule has 3 aliphatic rings. The molecular formula is C24H33ClN4O. The van der Waals surface area contributed by atoms with Crippen LogP contribution < -0.4 is 10.6 Å². The first kappa shape index (κ1) is 21.4. The molecule has 1 saturated carbocycles. The highest BCUT2D eigenvalue weighted by Gasteiger charge is 2.37. The van der Waals surface area contributed by atoms with Crippen molar-refractivity contribution < 1.29 is 4.79 Å². The number of hydrogen-bond acceptors (Lipinski definition) is 4. The van der Waals surface area contributed by atoms with Gasteiger partial charge in [0, 0.05) is 37.9 Å². The number of primary amides is 1. The molecule has 1 amide bonds. The maximum Gasteiger partial charge on any atom is 0.248 e. The van der Waals surface area contributed by atoms with Gasteiger partial charge in [0.15, 0.2) is 0 Å². The summed E-state index contributed by atoms with van der Waals surface area (Å²) in [6.07, 6.45) is 14.5. The van der Waals surface area contributed by atoms with E-state index in [1.54, 1.807) is 0 Å². The van der Waals surface area contributed by atoms with E-state index in [9.17, 15) is 4.79 Å². The van der Waals surface area contributed by atoms with Gasteiger partial charge in [-0.25, -0.2) is 4.98 Å². The molecule has 30 heavy (non-hydrogen) atoms. The van der Waals surface area contributed by atoms with Gasteiger partial charge in [0.2, 0.25) is 5.91 Å². The monoisotopic (exact) mass is 428 g/mol. The fourth-order valence-corrected chi connectivity index (χ4v) is 5.51. The summed E-state index contributed by atoms with van der Waals surface area (Å²) >= 11 is 6.93. The Morgan fingerprint density at radius 1 is 1.17 bits per heavy atom. The SMILES string of the molecule is NC(=O)C1=CCC(Cl)(C2CCC(CCN3CCN(c4ccccn4)CC3)CC2)C=C1. The minimum Gasteiger partial charge on any atom is -0.366 e. The Kier molecular flexibility index (Phi) is 6.79. The Hall–Kier alpha value is -1.85. The molecule has 2 heterocycles. The highest BCUT2D eigenvalue weighted by Crippen LogP contribution is 2.44. The van der Waals surface area contributed by atoms with Gasteiger partial charge < -0.3 is 10.6 Å². The molecule has 4 rings (SSSR count). The van der Waals surface area contributed by atoms with Gasteiger partial charge in [-0.05, 0) is 56.2 Å². The van der Waals surface area contributed by atoms with Crippen LogP contribution in [0.4, 0.5) is 5.82 Å². The number of pyridine rings is 1. The average molecular weight is 429 g/mol. The molecule has 1 aromatic heterocycles. The molecule has 0 radical (unpaired) electrons. The van der Waals surface area contributed by atoms with Crippen LogP contribution in [0.25, 0.3) is 0 Å². The number of carbonyl (C=O) groups excluding carboxylic acids is 1. The van der Waals surface area contributed by atoms with Crippen LogP contribution in [0.5, 0.6) is 0 Å². The quantitative estimate of drug-likeness (QED) is 0.701. The molecule has 2 fully saturated rings. The molecule has 0 bridgehead atoms. The summed E-state index contributed by atoms with van der Waals surface area (Å²) in [5.74, 6) is 2.02. The van der Waals surface area contributed by atoms with Gasteiger partial charge in [-0.1, -0.05) is 37.1 Å². The van der Waals surface area contributed by atoms with Crippen LogP contribution >= 0.6 is 11.6 Å².